The van der Waals surface area contributed by atoms with Crippen LogP contribution in [0.4, 0.5) is 0 Å². The molecule has 0 unspecified atom stereocenters. The Morgan fingerprint density at radius 3 is 2.47 bits per heavy atom. The third-order valence-corrected chi connectivity index (χ3v) is 8.86. The van der Waals surface area contributed by atoms with Gasteiger partial charge in [-0.15, -0.1) is 0 Å². The molecule has 0 atom stereocenters. The molecule has 1 aliphatic heterocycles. The fourth-order valence-corrected chi connectivity index (χ4v) is 7.56. The lowest BCUT2D eigenvalue weighted by Gasteiger charge is -2.23. The van der Waals surface area contributed by atoms with Gasteiger partial charge in [-0.05, 0) is 70.5 Å². The maximum Gasteiger partial charge on any atom is 0.222 e. The fourth-order valence-electron chi connectivity index (χ4n) is 6.29. The van der Waals surface area contributed by atoms with Gasteiger partial charge in [0.15, 0.2) is 6.20 Å². The highest BCUT2D eigenvalue weighted by molar-refractivity contribution is 7.99. The minimum atomic E-state index is 0.707. The van der Waals surface area contributed by atoms with Crippen LogP contribution in [0.5, 0.6) is 0 Å². The van der Waals surface area contributed by atoms with E-state index < -0.39 is 0 Å². The van der Waals surface area contributed by atoms with Gasteiger partial charge in [0.2, 0.25) is 5.69 Å². The smallest absolute Gasteiger partial charge is 0.200 e. The Morgan fingerprint density at radius 2 is 1.59 bits per heavy atom. The molecule has 0 bridgehead atoms. The molecule has 7 rings (SSSR count). The van der Waals surface area contributed by atoms with Gasteiger partial charge in [-0.2, -0.15) is 0 Å². The van der Waals surface area contributed by atoms with Gasteiger partial charge in [-0.3, -0.25) is 0 Å². The largest absolute Gasteiger partial charge is 0.222 e. The average molecular weight is 433 g/mol. The topological polar surface area (TPSA) is 3.88 Å². The van der Waals surface area contributed by atoms with E-state index in [0.29, 0.717) is 5.92 Å². The molecule has 0 N–H and O–H groups in total. The third kappa shape index (κ3) is 2.50. The van der Waals surface area contributed by atoms with Crippen molar-refractivity contribution in [1.82, 2.24) is 0 Å². The summed E-state index contributed by atoms with van der Waals surface area (Å²) in [5.74, 6) is 0.707. The Balaban J connectivity index is 1.64. The fraction of sp³-hybridized carbons (Fsp3) is 0.233. The minimum absolute atomic E-state index is 0.707. The first-order valence-corrected chi connectivity index (χ1v) is 12.6. The number of pyridine rings is 1. The van der Waals surface area contributed by atoms with Crippen LogP contribution in [0.1, 0.15) is 42.7 Å². The van der Waals surface area contributed by atoms with E-state index in [1.165, 1.54) is 84.6 Å². The standard InChI is InChI=1S/C30H26NS/c1-18-22-12-6-5-10-20(22)16-25-27(18)30-29-24(14-15-31(30)2)28-21(17-26(29)32-25)11-7-13-23(28)19-8-3-4-9-19/h5-7,10-17,19H,3-4,8-9H2,1-2H3/q+1. The van der Waals surface area contributed by atoms with Crippen LogP contribution < -0.4 is 4.57 Å². The van der Waals surface area contributed by atoms with Crippen molar-refractivity contribution < 1.29 is 4.57 Å². The number of fused-ring (bicyclic) bond motifs is 5. The second-order valence-corrected chi connectivity index (χ2v) is 10.6. The summed E-state index contributed by atoms with van der Waals surface area (Å²) < 4.78 is 2.34. The molecule has 2 heterocycles. The van der Waals surface area contributed by atoms with Crippen LogP contribution in [0.25, 0.3) is 43.6 Å². The molecule has 1 saturated carbocycles. The Morgan fingerprint density at radius 1 is 0.812 bits per heavy atom. The Labute approximate surface area is 193 Å². The van der Waals surface area contributed by atoms with Gasteiger partial charge >= 0.3 is 0 Å². The van der Waals surface area contributed by atoms with Gasteiger partial charge < -0.3 is 0 Å². The molecule has 1 nitrogen and oxygen atoms in total. The zero-order valence-electron chi connectivity index (χ0n) is 18.6. The van der Waals surface area contributed by atoms with Crippen LogP contribution in [0.15, 0.2) is 76.7 Å². The van der Waals surface area contributed by atoms with E-state index in [1.54, 1.807) is 5.56 Å². The molecule has 2 aliphatic rings. The Hall–Kier alpha value is -2.84. The van der Waals surface area contributed by atoms with Gasteiger partial charge in [0, 0.05) is 21.2 Å². The van der Waals surface area contributed by atoms with E-state index in [0.717, 1.165) is 0 Å². The van der Waals surface area contributed by atoms with Crippen molar-refractivity contribution in [3.05, 3.63) is 78.0 Å². The molecule has 5 aromatic rings. The molecule has 0 saturated heterocycles. The van der Waals surface area contributed by atoms with Crippen molar-refractivity contribution >= 4 is 44.1 Å². The Kier molecular flexibility index (Phi) is 3.99. The first kappa shape index (κ1) is 18.7. The summed E-state index contributed by atoms with van der Waals surface area (Å²) in [5.41, 5.74) is 5.74. The minimum Gasteiger partial charge on any atom is -0.200 e. The molecule has 32 heavy (non-hydrogen) atoms. The second kappa shape index (κ2) is 6.83. The van der Waals surface area contributed by atoms with Crippen molar-refractivity contribution in [2.45, 2.75) is 48.3 Å². The highest BCUT2D eigenvalue weighted by Gasteiger charge is 2.31. The number of rotatable bonds is 1. The van der Waals surface area contributed by atoms with E-state index in [1.807, 2.05) is 11.8 Å². The molecule has 1 fully saturated rings. The molecule has 4 aromatic carbocycles. The molecule has 1 aromatic heterocycles. The van der Waals surface area contributed by atoms with Gasteiger partial charge in [-0.25, -0.2) is 4.57 Å². The molecule has 156 valence electrons. The predicted octanol–water partition coefficient (Wildman–Crippen LogP) is 8.07. The van der Waals surface area contributed by atoms with E-state index in [-0.39, 0.29) is 0 Å². The first-order chi connectivity index (χ1) is 15.7. The van der Waals surface area contributed by atoms with Crippen LogP contribution in [-0.4, -0.2) is 0 Å². The van der Waals surface area contributed by atoms with Crippen molar-refractivity contribution in [3.8, 4) is 11.3 Å². The number of aryl methyl sites for hydroxylation is 2. The Bertz CT molecular complexity index is 1570. The summed E-state index contributed by atoms with van der Waals surface area (Å²) in [6.45, 7) is 2.30. The van der Waals surface area contributed by atoms with E-state index >= 15 is 0 Å². The van der Waals surface area contributed by atoms with Crippen LogP contribution in [-0.2, 0) is 7.05 Å². The zero-order valence-corrected chi connectivity index (χ0v) is 19.4. The zero-order chi connectivity index (χ0) is 21.4. The van der Waals surface area contributed by atoms with Gasteiger partial charge in [0.1, 0.15) is 7.05 Å². The summed E-state index contributed by atoms with van der Waals surface area (Å²) in [7, 11) is 2.21. The third-order valence-electron chi connectivity index (χ3n) is 7.78. The molecule has 0 spiro atoms. The molecule has 0 radical (unpaired) electrons. The van der Waals surface area contributed by atoms with Gasteiger partial charge in [-0.1, -0.05) is 67.1 Å². The SMILES string of the molecule is Cc1c2c(cc3ccccc13)Sc1cc3cccc(C4CCCC4)c3c3cc[n+](C)c-2c13. The van der Waals surface area contributed by atoms with Crippen molar-refractivity contribution in [1.29, 1.82) is 0 Å². The summed E-state index contributed by atoms with van der Waals surface area (Å²) in [6, 6.07) is 23.0. The maximum absolute atomic E-state index is 2.46. The van der Waals surface area contributed by atoms with Gasteiger partial charge in [0.05, 0.1) is 10.9 Å². The monoisotopic (exact) mass is 432 g/mol. The number of hydrogen-bond donors (Lipinski definition) is 0. The summed E-state index contributed by atoms with van der Waals surface area (Å²) in [6.07, 6.45) is 7.68. The lowest BCUT2D eigenvalue weighted by molar-refractivity contribution is -0.659. The summed E-state index contributed by atoms with van der Waals surface area (Å²) >= 11 is 1.95. The molecular weight excluding hydrogens is 406 g/mol. The number of aromatic nitrogens is 1. The maximum atomic E-state index is 2.46. The van der Waals surface area contributed by atoms with E-state index in [9.17, 15) is 0 Å². The van der Waals surface area contributed by atoms with Crippen molar-refractivity contribution in [2.75, 3.05) is 0 Å². The number of nitrogens with zero attached hydrogens (tertiary/aromatic N) is 1. The van der Waals surface area contributed by atoms with Crippen LogP contribution in [0, 0.1) is 6.92 Å². The van der Waals surface area contributed by atoms with E-state index in [4.69, 9.17) is 0 Å². The molecular formula is C30H26NS+. The highest BCUT2D eigenvalue weighted by atomic mass is 32.2. The van der Waals surface area contributed by atoms with Crippen LogP contribution >= 0.6 is 11.8 Å². The predicted molar refractivity (Wildman–Crippen MR) is 136 cm³/mol. The summed E-state index contributed by atoms with van der Waals surface area (Å²) in [5, 5.41) is 8.44. The normalized spacial score (nSPS) is 15.7. The number of benzene rings is 4. The second-order valence-electron chi connectivity index (χ2n) is 9.56. The van der Waals surface area contributed by atoms with E-state index in [2.05, 4.69) is 85.4 Å². The number of hydrogen-bond acceptors (Lipinski definition) is 1. The molecule has 2 heteroatoms. The van der Waals surface area contributed by atoms with Gasteiger partial charge in [0.25, 0.3) is 0 Å². The van der Waals surface area contributed by atoms with Crippen LogP contribution in [0.2, 0.25) is 0 Å². The average Bonchev–Trinajstić information content (AvgIpc) is 3.35. The lowest BCUT2D eigenvalue weighted by Crippen LogP contribution is -2.31. The van der Waals surface area contributed by atoms with Crippen molar-refractivity contribution in [3.63, 3.8) is 0 Å². The molecule has 1 aliphatic carbocycles. The van der Waals surface area contributed by atoms with Crippen molar-refractivity contribution in [2.24, 2.45) is 7.05 Å². The quantitative estimate of drug-likeness (QED) is 0.188. The van der Waals surface area contributed by atoms with Crippen LogP contribution in [0.3, 0.4) is 0 Å². The lowest BCUT2D eigenvalue weighted by atomic mass is 9.88. The summed E-state index contributed by atoms with van der Waals surface area (Å²) in [4.78, 5) is 2.77. The highest BCUT2D eigenvalue weighted by Crippen LogP contribution is 2.52. The molecule has 0 amide bonds. The first-order valence-electron chi connectivity index (χ1n) is 11.8.